The lowest BCUT2D eigenvalue weighted by Gasteiger charge is -2.42. The fourth-order valence-corrected chi connectivity index (χ4v) is 16.6. The van der Waals surface area contributed by atoms with E-state index in [-0.39, 0.29) is 79.4 Å². The predicted molar refractivity (Wildman–Crippen MR) is 466 cm³/mol. The Morgan fingerprint density at radius 1 is 0.500 bits per heavy atom. The highest BCUT2D eigenvalue weighted by atomic mass is 35.5. The van der Waals surface area contributed by atoms with Crippen LogP contribution >= 0.6 is 23.2 Å². The molecule has 7 aromatic rings. The average Bonchev–Trinajstić information content (AvgIpc) is 0.756. The van der Waals surface area contributed by atoms with Crippen molar-refractivity contribution in [2.75, 3.05) is 52.5 Å². The molecule has 7 aromatic carbocycles. The second-order valence-corrected chi connectivity index (χ2v) is 34.0. The fourth-order valence-electron chi connectivity index (χ4n) is 16.1. The topological polar surface area (TPSA) is 596 Å². The first-order valence-electron chi connectivity index (χ1n) is 43.0. The number of carbonyl (C=O) groups excluding carboxylic acids is 8. The van der Waals surface area contributed by atoms with Crippen molar-refractivity contribution in [3.8, 4) is 80.1 Å². The minimum absolute atomic E-state index is 0.0483. The van der Waals surface area contributed by atoms with Crippen LogP contribution in [0.3, 0.4) is 0 Å². The molecule has 698 valence electrons. The smallest absolute Gasteiger partial charge is 0.248 e. The molecular formula is C90H108Cl2N12O26. The summed E-state index contributed by atoms with van der Waals surface area (Å²) in [6.45, 7) is 5.40. The molecule has 0 aromatic heterocycles. The normalized spacial score (nSPS) is 25.0. The van der Waals surface area contributed by atoms with Crippen LogP contribution in [0.2, 0.25) is 10.0 Å². The molecule has 25 N–H and O–H groups in total. The van der Waals surface area contributed by atoms with E-state index in [0.717, 1.165) is 106 Å². The number of aliphatic hydroxyl groups excluding tert-OH is 7. The molecule has 2 saturated heterocycles. The molecule has 130 heavy (non-hydrogen) atoms. The molecule has 2 fully saturated rings. The Labute approximate surface area is 756 Å². The summed E-state index contributed by atoms with van der Waals surface area (Å²) in [7, 11) is 0. The van der Waals surface area contributed by atoms with Crippen LogP contribution in [0.1, 0.15) is 147 Å². The van der Waals surface area contributed by atoms with Crippen molar-refractivity contribution in [2.45, 2.75) is 195 Å². The molecule has 0 radical (unpaired) electrons. The molecule has 0 aliphatic carbocycles. The molecule has 8 aliphatic heterocycles. The van der Waals surface area contributed by atoms with Crippen molar-refractivity contribution in [3.05, 3.63) is 164 Å². The van der Waals surface area contributed by atoms with Gasteiger partial charge in [0.05, 0.1) is 23.3 Å². The number of nitrogens with one attached hydrogen (secondary N) is 10. The van der Waals surface area contributed by atoms with Crippen LogP contribution in [-0.2, 0) is 60.7 Å². The van der Waals surface area contributed by atoms with Gasteiger partial charge in [-0.2, -0.15) is 0 Å². The molecule has 40 heteroatoms. The number of aliphatic hydroxyl groups is 7. The van der Waals surface area contributed by atoms with E-state index in [1.165, 1.54) is 60.7 Å². The molecule has 8 aliphatic rings. The van der Waals surface area contributed by atoms with Gasteiger partial charge in [-0.05, 0) is 189 Å². The van der Waals surface area contributed by atoms with Gasteiger partial charge in [0.2, 0.25) is 65.6 Å². The van der Waals surface area contributed by atoms with Gasteiger partial charge in [-0.3, -0.25) is 38.4 Å². The summed E-state index contributed by atoms with van der Waals surface area (Å²) in [5.41, 5.74) is 10.4. The van der Waals surface area contributed by atoms with Crippen LogP contribution in [-0.4, -0.2) is 229 Å². The second kappa shape index (κ2) is 43.5. The third kappa shape index (κ3) is 23.1. The minimum atomic E-state index is -2.35. The maximum Gasteiger partial charge on any atom is 0.248 e. The number of hydrogen-bond donors (Lipinski definition) is 23. The Balaban J connectivity index is 1.01. The van der Waals surface area contributed by atoms with E-state index < -0.39 is 240 Å². The third-order valence-corrected chi connectivity index (χ3v) is 23.7. The number of phenolic OH excluding ortho intramolecular Hbond substituents is 4. The van der Waals surface area contributed by atoms with E-state index in [1.54, 1.807) is 0 Å². The number of benzene rings is 7. The SMILES string of the molecule is CC(C)CCCCCCC(=O)N[C@H]1[C@H](Oc2c3cc4cc2Oc2ccc(cc2Cl)C[C@H]2NC(=O)[C@@H](N)c5ccc(O)c(c5)Oc5cc(O)cc(c5)[C@H](NC2=O)C(=O)N[C@H]4C(=O)N[C@H]2C(=O)N[C@@H](Cc4ccc(c(Cl)c4)O3)C(=O)N[C@H](C(=O)NCCCNCCCCNCCCN)c3cc(O)cc(O[C@H]4O[C@H](CO)[C@@H](O)[C@H](O)[C@@H]4O)c3-c3cc2ccc3O)O[C@H](CO)[C@@H](O)[C@@H]1O. The Morgan fingerprint density at radius 2 is 1.05 bits per heavy atom. The highest BCUT2D eigenvalue weighted by Crippen LogP contribution is 2.50. The highest BCUT2D eigenvalue weighted by molar-refractivity contribution is 6.32. The lowest BCUT2D eigenvalue weighted by atomic mass is 9.89. The molecule has 0 unspecified atom stereocenters. The molecular weight excluding hydrogens is 1740 g/mol. The van der Waals surface area contributed by atoms with Gasteiger partial charge >= 0.3 is 0 Å². The molecule has 0 spiro atoms. The summed E-state index contributed by atoms with van der Waals surface area (Å²) in [5.74, 6) is -14.2. The average molecular weight is 1840 g/mol. The van der Waals surface area contributed by atoms with E-state index in [4.69, 9.17) is 67.8 Å². The van der Waals surface area contributed by atoms with Gasteiger partial charge in [-0.15, -0.1) is 0 Å². The summed E-state index contributed by atoms with van der Waals surface area (Å²) in [5, 5.41) is 154. The first kappa shape index (κ1) is 96.1. The summed E-state index contributed by atoms with van der Waals surface area (Å²) in [6, 6.07) is 7.30. The minimum Gasteiger partial charge on any atom is -0.508 e. The monoisotopic (exact) mass is 1840 g/mol. The van der Waals surface area contributed by atoms with Gasteiger partial charge in [0, 0.05) is 49.1 Å². The number of carbonyl (C=O) groups is 8. The second-order valence-electron chi connectivity index (χ2n) is 33.2. The summed E-state index contributed by atoms with van der Waals surface area (Å²) in [6.07, 6.45) is -11.7. The van der Waals surface area contributed by atoms with Gasteiger partial charge in [0.15, 0.2) is 23.0 Å². The zero-order valence-corrected chi connectivity index (χ0v) is 72.5. The zero-order chi connectivity index (χ0) is 92.9. The van der Waals surface area contributed by atoms with Crippen LogP contribution in [0, 0.1) is 5.92 Å². The molecule has 15 rings (SSSR count). The quantitative estimate of drug-likeness (QED) is 0.0328. The number of phenols is 4. The number of aromatic hydroxyl groups is 4. The summed E-state index contributed by atoms with van der Waals surface area (Å²) < 4.78 is 45.0. The molecule has 38 nitrogen and oxygen atoms in total. The predicted octanol–water partition coefficient (Wildman–Crippen LogP) is 3.29. The Morgan fingerprint density at radius 3 is 1.68 bits per heavy atom. The van der Waals surface area contributed by atoms with Gasteiger partial charge in [-0.1, -0.05) is 87.0 Å². The van der Waals surface area contributed by atoms with Crippen molar-refractivity contribution in [1.82, 2.24) is 53.2 Å². The summed E-state index contributed by atoms with van der Waals surface area (Å²) in [4.78, 5) is 125. The molecule has 8 amide bonds. The Kier molecular flexibility index (Phi) is 32.2. The highest BCUT2D eigenvalue weighted by Gasteiger charge is 2.50. The van der Waals surface area contributed by atoms with Crippen molar-refractivity contribution < 1.29 is 128 Å². The lowest BCUT2D eigenvalue weighted by Crippen LogP contribution is -2.65. The van der Waals surface area contributed by atoms with Gasteiger partial charge in [-0.25, -0.2) is 0 Å². The molecule has 17 atom stereocenters. The molecule has 8 heterocycles. The van der Waals surface area contributed by atoms with E-state index in [1.807, 2.05) is 0 Å². The standard InChI is InChI=1S/C90H108Cl2N12O26/c1-42(2)11-5-3-4-6-12-68(111)100-75-78(114)76(112)66(40-105)128-89(75)130-81-64-35-48-36-65(81)126-61-20-14-44(28-55(61)92)30-57-83(118)104-74(85(120)97-26-10-25-96-23-8-7-22-95-24-9-21-93)53-38-50(108)39-63(127-90-80(116)79(115)77(113)67(41-106)129-90)69(53)52-33-46(16-17-58(52)109)71(86(121)99-57)102-88(123)73(48)103-87(122)72-47-31-49(107)37-51(32-47)124-62-34-45(15-18-59(62)110)70(94)84(119)98-56(82(117)101-72)29-43-13-19-60(125-64)54(91)27-43/h13-20,27-28,31-39,42,56-57,66-67,70-80,89-90,95-96,105-110,112-116H,3-12,21-26,29-30,40-41,93-94H2,1-2H3,(H,97,120)(H,98,119)(H,99,121)(H,100,111)(H,101,117)(H,102,123)(H,103,122)(H,104,118)/t56-,57+,66-,67-,70+,71-,72+,73-,74+,75-,76-,77-,78-,79+,80+,89+,90+/m1/s1. The lowest BCUT2D eigenvalue weighted by molar-refractivity contribution is -0.277. The number of nitrogens with two attached hydrogens (primary N) is 2. The first-order valence-corrected chi connectivity index (χ1v) is 43.8. The van der Waals surface area contributed by atoms with E-state index in [9.17, 15) is 65.8 Å². The van der Waals surface area contributed by atoms with E-state index >= 15 is 28.8 Å². The Hall–Kier alpha value is -11.4. The van der Waals surface area contributed by atoms with Gasteiger partial charge in [0.1, 0.15) is 131 Å². The fraction of sp³-hybridized carbons (Fsp3) is 0.444. The van der Waals surface area contributed by atoms with Gasteiger partial charge in [0.25, 0.3) is 0 Å². The maximum atomic E-state index is 16.8. The number of hydrogen-bond acceptors (Lipinski definition) is 30. The molecule has 17 bridgehead atoms. The van der Waals surface area contributed by atoms with Gasteiger partial charge < -0.3 is 154 Å². The number of rotatable bonds is 27. The van der Waals surface area contributed by atoms with Crippen LogP contribution < -0.4 is 88.3 Å². The Bertz CT molecular complexity index is 5290. The maximum absolute atomic E-state index is 16.8. The number of fused-ring (bicyclic) bond motifs is 14. The number of amides is 8. The number of unbranched alkanes of at least 4 members (excludes halogenated alkanes) is 4. The zero-order valence-electron chi connectivity index (χ0n) is 71.0. The van der Waals surface area contributed by atoms with Crippen LogP contribution in [0.15, 0.2) is 115 Å². The van der Waals surface area contributed by atoms with Crippen molar-refractivity contribution in [1.29, 1.82) is 0 Å². The summed E-state index contributed by atoms with van der Waals surface area (Å²) >= 11 is 14.6. The first-order chi connectivity index (χ1) is 62.3. The van der Waals surface area contributed by atoms with Crippen LogP contribution in [0.5, 0.6) is 69.0 Å². The van der Waals surface area contributed by atoms with Crippen molar-refractivity contribution >= 4 is 70.5 Å². The largest absolute Gasteiger partial charge is 0.508 e. The number of halogens is 2. The van der Waals surface area contributed by atoms with E-state index in [2.05, 4.69) is 67.0 Å². The third-order valence-electron chi connectivity index (χ3n) is 23.1. The van der Waals surface area contributed by atoms with Crippen molar-refractivity contribution in [3.63, 3.8) is 0 Å². The molecule has 0 saturated carbocycles. The number of ether oxygens (including phenoxy) is 7. The van der Waals surface area contributed by atoms with Crippen molar-refractivity contribution in [2.24, 2.45) is 17.4 Å². The van der Waals surface area contributed by atoms with Crippen LogP contribution in [0.4, 0.5) is 0 Å². The van der Waals surface area contributed by atoms with Crippen LogP contribution in [0.25, 0.3) is 11.1 Å². The van der Waals surface area contributed by atoms with E-state index in [0.29, 0.717) is 44.8 Å².